The molecule has 6 nitrogen and oxygen atoms in total. The molecule has 24 heavy (non-hydrogen) atoms. The Kier molecular flexibility index (Phi) is 2.82. The molecule has 4 heterocycles. The summed E-state index contributed by atoms with van der Waals surface area (Å²) in [6, 6.07) is 8.11. The van der Waals surface area contributed by atoms with Gasteiger partial charge >= 0.3 is 0 Å². The van der Waals surface area contributed by atoms with Gasteiger partial charge in [-0.05, 0) is 23.8 Å². The van der Waals surface area contributed by atoms with Gasteiger partial charge in [0.25, 0.3) is 0 Å². The maximum atomic E-state index is 5.68. The molecule has 0 fully saturated rings. The maximum Gasteiger partial charge on any atom is 0.161 e. The summed E-state index contributed by atoms with van der Waals surface area (Å²) in [6.45, 7) is 1.17. The van der Waals surface area contributed by atoms with Gasteiger partial charge in [0.1, 0.15) is 18.9 Å². The number of nitrogens with one attached hydrogen (secondary N) is 2. The molecule has 0 spiro atoms. The lowest BCUT2D eigenvalue weighted by Gasteiger charge is -2.18. The zero-order valence-electron chi connectivity index (χ0n) is 12.7. The summed E-state index contributed by atoms with van der Waals surface area (Å²) < 4.78 is 11.3. The third-order valence-electron chi connectivity index (χ3n) is 4.22. The van der Waals surface area contributed by atoms with Crippen molar-refractivity contribution in [3.05, 3.63) is 49.1 Å². The molecule has 0 bridgehead atoms. The molecule has 4 aromatic rings. The van der Waals surface area contributed by atoms with E-state index < -0.39 is 0 Å². The molecule has 2 N–H and O–H groups in total. The average Bonchev–Trinajstić information content (AvgIpc) is 3.30. The monoisotopic (exact) mass is 318 g/mol. The standard InChI is InChI=1S/C18H14N4O2/c1-2-16-17(24-4-3-23-16)6-11(1)12-5-14-15(13-8-21-22-9-13)10-20-18(14)19-7-12/h1-2,5-10H,3-4H2,(H,19,20)(H,21,22). The van der Waals surface area contributed by atoms with Crippen molar-refractivity contribution < 1.29 is 9.47 Å². The minimum absolute atomic E-state index is 0.580. The van der Waals surface area contributed by atoms with E-state index in [1.54, 1.807) is 6.20 Å². The highest BCUT2D eigenvalue weighted by Crippen LogP contribution is 2.36. The number of H-pyrrole nitrogens is 2. The zero-order valence-corrected chi connectivity index (χ0v) is 12.7. The molecule has 0 unspecified atom stereocenters. The summed E-state index contributed by atoms with van der Waals surface area (Å²) >= 11 is 0. The molecule has 1 aliphatic heterocycles. The van der Waals surface area contributed by atoms with Crippen LogP contribution < -0.4 is 9.47 Å². The van der Waals surface area contributed by atoms with Crippen LogP contribution in [-0.4, -0.2) is 33.4 Å². The lowest BCUT2D eigenvalue weighted by molar-refractivity contribution is 0.171. The van der Waals surface area contributed by atoms with Crippen molar-refractivity contribution >= 4 is 11.0 Å². The van der Waals surface area contributed by atoms with Gasteiger partial charge in [-0.2, -0.15) is 5.10 Å². The van der Waals surface area contributed by atoms with E-state index in [1.165, 1.54) is 0 Å². The topological polar surface area (TPSA) is 75.8 Å². The minimum atomic E-state index is 0.580. The van der Waals surface area contributed by atoms with Gasteiger partial charge in [0.05, 0.1) is 6.20 Å². The van der Waals surface area contributed by atoms with E-state index in [-0.39, 0.29) is 0 Å². The number of fused-ring (bicyclic) bond motifs is 2. The van der Waals surface area contributed by atoms with Gasteiger partial charge < -0.3 is 14.5 Å². The second-order valence-electron chi connectivity index (χ2n) is 5.67. The largest absolute Gasteiger partial charge is 0.486 e. The van der Waals surface area contributed by atoms with Crippen LogP contribution in [0.5, 0.6) is 11.5 Å². The predicted molar refractivity (Wildman–Crippen MR) is 90.1 cm³/mol. The minimum Gasteiger partial charge on any atom is -0.486 e. The molecule has 0 amide bonds. The summed E-state index contributed by atoms with van der Waals surface area (Å²) in [5.74, 6) is 1.57. The number of hydrogen-bond acceptors (Lipinski definition) is 4. The third-order valence-corrected chi connectivity index (χ3v) is 4.22. The fraction of sp³-hybridized carbons (Fsp3) is 0.111. The van der Waals surface area contributed by atoms with E-state index in [2.05, 4.69) is 26.2 Å². The van der Waals surface area contributed by atoms with Crippen molar-refractivity contribution in [3.63, 3.8) is 0 Å². The van der Waals surface area contributed by atoms with Gasteiger partial charge in [-0.1, -0.05) is 6.07 Å². The third kappa shape index (κ3) is 2.04. The van der Waals surface area contributed by atoms with Gasteiger partial charge in [-0.3, -0.25) is 5.10 Å². The average molecular weight is 318 g/mol. The van der Waals surface area contributed by atoms with E-state index in [0.717, 1.165) is 44.8 Å². The first-order valence-corrected chi connectivity index (χ1v) is 7.75. The van der Waals surface area contributed by atoms with Crippen LogP contribution in [0, 0.1) is 0 Å². The number of ether oxygens (including phenoxy) is 2. The number of pyridine rings is 1. The number of aromatic nitrogens is 4. The van der Waals surface area contributed by atoms with Crippen LogP contribution in [-0.2, 0) is 0 Å². The lowest BCUT2D eigenvalue weighted by Crippen LogP contribution is -2.15. The van der Waals surface area contributed by atoms with Gasteiger partial charge in [0, 0.05) is 40.7 Å². The molecule has 0 radical (unpaired) electrons. The normalized spacial score (nSPS) is 13.3. The Labute approximate surface area is 137 Å². The van der Waals surface area contributed by atoms with Gasteiger partial charge in [-0.15, -0.1) is 0 Å². The van der Waals surface area contributed by atoms with E-state index in [4.69, 9.17) is 9.47 Å². The number of nitrogens with zero attached hydrogens (tertiary/aromatic N) is 2. The highest BCUT2D eigenvalue weighted by Gasteiger charge is 2.14. The van der Waals surface area contributed by atoms with Crippen LogP contribution in [0.15, 0.2) is 49.1 Å². The second-order valence-corrected chi connectivity index (χ2v) is 5.67. The molecular weight excluding hydrogens is 304 g/mol. The molecule has 1 aliphatic rings. The van der Waals surface area contributed by atoms with Crippen molar-refractivity contribution in [3.8, 4) is 33.8 Å². The predicted octanol–water partition coefficient (Wildman–Crippen LogP) is 3.39. The Bertz CT molecular complexity index is 1020. The Morgan fingerprint density at radius 2 is 1.79 bits per heavy atom. The van der Waals surface area contributed by atoms with Gasteiger partial charge in [0.2, 0.25) is 0 Å². The summed E-state index contributed by atoms with van der Waals surface area (Å²) in [5.41, 5.74) is 5.04. The molecular formula is C18H14N4O2. The van der Waals surface area contributed by atoms with Crippen molar-refractivity contribution in [1.82, 2.24) is 20.2 Å². The molecule has 6 heteroatoms. The van der Waals surface area contributed by atoms with E-state index >= 15 is 0 Å². The Morgan fingerprint density at radius 3 is 2.67 bits per heavy atom. The van der Waals surface area contributed by atoms with Crippen LogP contribution in [0.4, 0.5) is 0 Å². The van der Waals surface area contributed by atoms with E-state index in [9.17, 15) is 0 Å². The zero-order chi connectivity index (χ0) is 15.9. The summed E-state index contributed by atoms with van der Waals surface area (Å²) in [6.07, 6.45) is 7.50. The molecule has 0 atom stereocenters. The van der Waals surface area contributed by atoms with Crippen molar-refractivity contribution in [1.29, 1.82) is 0 Å². The van der Waals surface area contributed by atoms with Crippen LogP contribution in [0.1, 0.15) is 0 Å². The first-order chi connectivity index (χ1) is 11.9. The fourth-order valence-electron chi connectivity index (χ4n) is 3.02. The Hall–Kier alpha value is -3.28. The van der Waals surface area contributed by atoms with Gasteiger partial charge in [-0.25, -0.2) is 4.98 Å². The van der Waals surface area contributed by atoms with Crippen LogP contribution in [0.25, 0.3) is 33.3 Å². The SMILES string of the molecule is c1cc2c(cc1-c1cnc3[nH]cc(-c4cn[nH]c4)c3c1)OCCO2. The highest BCUT2D eigenvalue weighted by atomic mass is 16.6. The Balaban J connectivity index is 1.64. The van der Waals surface area contributed by atoms with Crippen molar-refractivity contribution in [2.45, 2.75) is 0 Å². The van der Waals surface area contributed by atoms with Crippen LogP contribution >= 0.6 is 0 Å². The van der Waals surface area contributed by atoms with Crippen molar-refractivity contribution in [2.24, 2.45) is 0 Å². The Morgan fingerprint density at radius 1 is 0.875 bits per heavy atom. The number of benzene rings is 1. The lowest BCUT2D eigenvalue weighted by atomic mass is 10.0. The first-order valence-electron chi connectivity index (χ1n) is 7.75. The maximum absolute atomic E-state index is 5.68. The summed E-state index contributed by atoms with van der Waals surface area (Å²) in [7, 11) is 0. The highest BCUT2D eigenvalue weighted by molar-refractivity contribution is 5.95. The molecule has 1 aromatic carbocycles. The molecule has 3 aromatic heterocycles. The first kappa shape index (κ1) is 13.2. The van der Waals surface area contributed by atoms with Gasteiger partial charge in [0.15, 0.2) is 11.5 Å². The molecule has 0 saturated heterocycles. The molecule has 0 saturated carbocycles. The number of hydrogen-bond donors (Lipinski definition) is 2. The summed E-state index contributed by atoms with van der Waals surface area (Å²) in [5, 5.41) is 7.93. The smallest absolute Gasteiger partial charge is 0.161 e. The molecule has 118 valence electrons. The van der Waals surface area contributed by atoms with Crippen LogP contribution in [0.3, 0.4) is 0 Å². The fourth-order valence-corrected chi connectivity index (χ4v) is 3.02. The number of aromatic amines is 2. The molecule has 5 rings (SSSR count). The summed E-state index contributed by atoms with van der Waals surface area (Å²) in [4.78, 5) is 7.75. The molecule has 0 aliphatic carbocycles. The second kappa shape index (κ2) is 5.13. The quantitative estimate of drug-likeness (QED) is 0.594. The van der Waals surface area contributed by atoms with Crippen molar-refractivity contribution in [2.75, 3.05) is 13.2 Å². The van der Waals surface area contributed by atoms with E-state index in [0.29, 0.717) is 13.2 Å². The van der Waals surface area contributed by atoms with Crippen LogP contribution in [0.2, 0.25) is 0 Å². The number of rotatable bonds is 2. The van der Waals surface area contributed by atoms with E-state index in [1.807, 2.05) is 36.8 Å².